The number of esters is 1. The molecule has 0 aliphatic carbocycles. The maximum Gasteiger partial charge on any atom is 0.344 e. The van der Waals surface area contributed by atoms with Crippen LogP contribution in [-0.4, -0.2) is 47.6 Å². The molecule has 0 unspecified atom stereocenters. The van der Waals surface area contributed by atoms with Gasteiger partial charge in [0.2, 0.25) is 0 Å². The molecule has 10 heteroatoms. The molecule has 0 atom stereocenters. The summed E-state index contributed by atoms with van der Waals surface area (Å²) in [6.45, 7) is 5.60. The molecular weight excluding hydrogens is 610 g/mol. The number of ether oxygens (including phenoxy) is 2. The van der Waals surface area contributed by atoms with E-state index in [0.717, 1.165) is 7.14 Å². The van der Waals surface area contributed by atoms with Crippen LogP contribution in [0, 0.1) is 7.14 Å². The van der Waals surface area contributed by atoms with Gasteiger partial charge in [-0.2, -0.15) is 0 Å². The number of halogens is 2. The van der Waals surface area contributed by atoms with E-state index in [4.69, 9.17) is 21.7 Å². The molecule has 148 valence electrons. The second-order valence-electron chi connectivity index (χ2n) is 5.43. The van der Waals surface area contributed by atoms with E-state index in [-0.39, 0.29) is 30.4 Å². The van der Waals surface area contributed by atoms with Crippen LogP contribution in [0.5, 0.6) is 5.75 Å². The Morgan fingerprint density at radius 1 is 1.32 bits per heavy atom. The third kappa shape index (κ3) is 5.50. The van der Waals surface area contributed by atoms with Gasteiger partial charge in [0.05, 0.1) is 13.7 Å². The molecule has 1 aromatic rings. The largest absolute Gasteiger partial charge is 0.480 e. The Morgan fingerprint density at radius 3 is 2.54 bits per heavy atom. The molecule has 0 bridgehead atoms. The van der Waals surface area contributed by atoms with Crippen LogP contribution < -0.4 is 10.1 Å². The van der Waals surface area contributed by atoms with Gasteiger partial charge in [-0.05, 0) is 88.1 Å². The smallest absolute Gasteiger partial charge is 0.344 e. The fourth-order valence-electron chi connectivity index (χ4n) is 2.29. The number of thiocarbonyl (C=S) groups is 1. The van der Waals surface area contributed by atoms with Crippen molar-refractivity contribution >= 4 is 86.4 Å². The first-order valence-corrected chi connectivity index (χ1v) is 10.6. The Bertz CT molecular complexity index is 862. The number of carbonyl (C=O) groups is 3. The zero-order chi connectivity index (χ0) is 20.8. The summed E-state index contributed by atoms with van der Waals surface area (Å²) in [6, 6.07) is 3.50. The molecule has 2 amide bonds. The summed E-state index contributed by atoms with van der Waals surface area (Å²) < 4.78 is 11.8. The van der Waals surface area contributed by atoms with Crippen molar-refractivity contribution in [2.24, 2.45) is 0 Å². The van der Waals surface area contributed by atoms with Gasteiger partial charge in [0.25, 0.3) is 11.8 Å². The SMILES string of the molecule is C=CCN1C(=O)/C(=C/c2cc(I)c(OCC(=O)OCC)c(I)c2)C(=O)NC1=S. The number of hydrogen-bond acceptors (Lipinski definition) is 6. The number of nitrogens with zero attached hydrogens (tertiary/aromatic N) is 1. The Hall–Kier alpha value is -1.54. The zero-order valence-electron chi connectivity index (χ0n) is 14.8. The van der Waals surface area contributed by atoms with Crippen LogP contribution in [0.2, 0.25) is 0 Å². The van der Waals surface area contributed by atoms with E-state index in [0.29, 0.717) is 11.3 Å². The first-order valence-electron chi connectivity index (χ1n) is 8.05. The van der Waals surface area contributed by atoms with Crippen LogP contribution in [-0.2, 0) is 19.1 Å². The lowest BCUT2D eigenvalue weighted by atomic mass is 10.1. The first-order chi connectivity index (χ1) is 13.3. The molecule has 0 radical (unpaired) electrons. The number of amides is 2. The lowest BCUT2D eigenvalue weighted by molar-refractivity contribution is -0.145. The number of hydrogen-bond donors (Lipinski definition) is 1. The highest BCUT2D eigenvalue weighted by atomic mass is 127. The third-order valence-corrected chi connectivity index (χ3v) is 5.39. The lowest BCUT2D eigenvalue weighted by Gasteiger charge is -2.27. The van der Waals surface area contributed by atoms with Gasteiger partial charge in [0.15, 0.2) is 11.7 Å². The van der Waals surface area contributed by atoms with Crippen LogP contribution >= 0.6 is 57.4 Å². The normalized spacial score (nSPS) is 15.5. The summed E-state index contributed by atoms with van der Waals surface area (Å²) in [5.41, 5.74) is 0.615. The second-order valence-corrected chi connectivity index (χ2v) is 8.14. The molecule has 0 saturated carbocycles. The number of benzene rings is 1. The van der Waals surface area contributed by atoms with Crippen molar-refractivity contribution in [2.75, 3.05) is 19.8 Å². The van der Waals surface area contributed by atoms with Crippen LogP contribution in [0.3, 0.4) is 0 Å². The van der Waals surface area contributed by atoms with E-state index in [9.17, 15) is 14.4 Å². The third-order valence-electron chi connectivity index (χ3n) is 3.47. The second kappa shape index (κ2) is 10.3. The molecule has 1 aliphatic rings. The van der Waals surface area contributed by atoms with E-state index < -0.39 is 17.8 Å². The van der Waals surface area contributed by atoms with Crippen molar-refractivity contribution in [3.63, 3.8) is 0 Å². The van der Waals surface area contributed by atoms with E-state index in [1.807, 2.05) is 0 Å². The minimum atomic E-state index is -0.553. The molecule has 0 aromatic heterocycles. The van der Waals surface area contributed by atoms with Crippen molar-refractivity contribution < 1.29 is 23.9 Å². The standard InChI is InChI=1S/C18H16I2N2O5S/c1-3-5-22-17(25)11(16(24)21-18(22)28)6-10-7-12(19)15(13(20)8-10)27-9-14(23)26-4-2/h3,6-8H,1,4-5,9H2,2H3,(H,21,24,28)/b11-6+. The first kappa shape index (κ1) is 22.7. The van der Waals surface area contributed by atoms with Crippen LogP contribution in [0.25, 0.3) is 6.08 Å². The monoisotopic (exact) mass is 626 g/mol. The van der Waals surface area contributed by atoms with Crippen LogP contribution in [0.1, 0.15) is 12.5 Å². The summed E-state index contributed by atoms with van der Waals surface area (Å²) in [7, 11) is 0. The Labute approximate surface area is 194 Å². The Kier molecular flexibility index (Phi) is 8.37. The highest BCUT2D eigenvalue weighted by Crippen LogP contribution is 2.30. The highest BCUT2D eigenvalue weighted by molar-refractivity contribution is 14.1. The van der Waals surface area contributed by atoms with Gasteiger partial charge in [0.1, 0.15) is 11.3 Å². The number of carbonyl (C=O) groups excluding carboxylic acids is 3. The molecule has 1 fully saturated rings. The predicted octanol–water partition coefficient (Wildman–Crippen LogP) is 2.65. The van der Waals surface area contributed by atoms with Gasteiger partial charge in [-0.15, -0.1) is 6.58 Å². The van der Waals surface area contributed by atoms with Crippen molar-refractivity contribution in [2.45, 2.75) is 6.92 Å². The maximum absolute atomic E-state index is 12.6. The average Bonchev–Trinajstić information content (AvgIpc) is 2.61. The van der Waals surface area contributed by atoms with Crippen LogP contribution in [0.4, 0.5) is 0 Å². The molecular formula is C18H16I2N2O5S. The van der Waals surface area contributed by atoms with E-state index in [1.165, 1.54) is 17.1 Å². The summed E-state index contributed by atoms with van der Waals surface area (Å²) in [6.07, 6.45) is 3.02. The Morgan fingerprint density at radius 2 is 1.96 bits per heavy atom. The van der Waals surface area contributed by atoms with Crippen molar-refractivity contribution in [1.29, 1.82) is 0 Å². The number of rotatable bonds is 7. The molecule has 28 heavy (non-hydrogen) atoms. The van der Waals surface area contributed by atoms with Gasteiger partial charge in [-0.1, -0.05) is 6.08 Å². The van der Waals surface area contributed by atoms with Crippen LogP contribution in [0.15, 0.2) is 30.4 Å². The fraction of sp³-hybridized carbons (Fsp3) is 0.222. The van der Waals surface area contributed by atoms with Gasteiger partial charge >= 0.3 is 5.97 Å². The molecule has 1 aliphatic heterocycles. The fourth-order valence-corrected chi connectivity index (χ4v) is 4.67. The average molecular weight is 626 g/mol. The lowest BCUT2D eigenvalue weighted by Crippen LogP contribution is -2.53. The molecule has 1 aromatic carbocycles. The minimum Gasteiger partial charge on any atom is -0.480 e. The summed E-state index contributed by atoms with van der Waals surface area (Å²) in [4.78, 5) is 37.6. The number of nitrogens with one attached hydrogen (secondary N) is 1. The summed E-state index contributed by atoms with van der Waals surface area (Å²) in [5, 5.41) is 2.56. The topological polar surface area (TPSA) is 84.9 Å². The van der Waals surface area contributed by atoms with Gasteiger partial charge in [-0.3, -0.25) is 19.8 Å². The predicted molar refractivity (Wildman–Crippen MR) is 125 cm³/mol. The van der Waals surface area contributed by atoms with Gasteiger partial charge in [0, 0.05) is 6.54 Å². The van der Waals surface area contributed by atoms with Crippen molar-refractivity contribution in [3.8, 4) is 5.75 Å². The molecule has 2 rings (SSSR count). The quantitative estimate of drug-likeness (QED) is 0.125. The zero-order valence-corrected chi connectivity index (χ0v) is 19.9. The molecule has 7 nitrogen and oxygen atoms in total. The van der Waals surface area contributed by atoms with Gasteiger partial charge in [-0.25, -0.2) is 4.79 Å². The molecule has 0 spiro atoms. The van der Waals surface area contributed by atoms with E-state index in [1.54, 1.807) is 19.1 Å². The Balaban J connectivity index is 2.29. The molecule has 1 heterocycles. The van der Waals surface area contributed by atoms with E-state index in [2.05, 4.69) is 57.1 Å². The maximum atomic E-state index is 12.6. The molecule has 1 N–H and O–H groups in total. The highest BCUT2D eigenvalue weighted by Gasteiger charge is 2.32. The van der Waals surface area contributed by atoms with E-state index >= 15 is 0 Å². The van der Waals surface area contributed by atoms with Crippen molar-refractivity contribution in [3.05, 3.63) is 43.1 Å². The van der Waals surface area contributed by atoms with Crippen molar-refractivity contribution in [1.82, 2.24) is 10.2 Å². The minimum absolute atomic E-state index is 0.0257. The summed E-state index contributed by atoms with van der Waals surface area (Å²) in [5.74, 6) is -0.961. The van der Waals surface area contributed by atoms with Gasteiger partial charge < -0.3 is 9.47 Å². The summed E-state index contributed by atoms with van der Waals surface area (Å²) >= 11 is 9.16. The molecule has 1 saturated heterocycles.